The molecular formula is C63H120O21. The van der Waals surface area contributed by atoms with E-state index >= 15 is 0 Å². The van der Waals surface area contributed by atoms with E-state index in [2.05, 4.69) is 41.5 Å². The Morgan fingerprint density at radius 2 is 0.881 bits per heavy atom. The summed E-state index contributed by atoms with van der Waals surface area (Å²) in [5.41, 5.74) is 0. The van der Waals surface area contributed by atoms with Gasteiger partial charge in [0.1, 0.15) is 85.5 Å². The molecular weight excluding hydrogens is 1090 g/mol. The summed E-state index contributed by atoms with van der Waals surface area (Å²) < 4.78 is 59.0. The van der Waals surface area contributed by atoms with Crippen LogP contribution in [0.2, 0.25) is 0 Å². The molecule has 0 aromatic heterocycles. The molecule has 0 amide bonds. The van der Waals surface area contributed by atoms with E-state index in [4.69, 9.17) is 47.4 Å². The van der Waals surface area contributed by atoms with Gasteiger partial charge >= 0.3 is 0 Å². The summed E-state index contributed by atoms with van der Waals surface area (Å²) in [5.74, 6) is 4.03. The van der Waals surface area contributed by atoms with Crippen molar-refractivity contribution in [2.75, 3.05) is 72.7 Å². The summed E-state index contributed by atoms with van der Waals surface area (Å²) in [5, 5.41) is 113. The number of unbranched alkanes of at least 4 members (excludes halogenated alkanes) is 8. The molecule has 0 unspecified atom stereocenters. The Hall–Kier alpha value is -0.840. The van der Waals surface area contributed by atoms with Crippen molar-refractivity contribution in [2.45, 2.75) is 294 Å². The van der Waals surface area contributed by atoms with E-state index in [1.54, 1.807) is 0 Å². The molecule has 84 heavy (non-hydrogen) atoms. The Bertz CT molecular complexity index is 1600. The van der Waals surface area contributed by atoms with Crippen molar-refractivity contribution < 1.29 is 104 Å². The van der Waals surface area contributed by atoms with E-state index < -0.39 is 118 Å². The van der Waals surface area contributed by atoms with Crippen LogP contribution in [0, 0.1) is 35.5 Å². The Labute approximate surface area is 503 Å². The molecule has 0 aromatic rings. The van der Waals surface area contributed by atoms with Gasteiger partial charge in [-0.05, 0) is 67.6 Å². The monoisotopic (exact) mass is 1210 g/mol. The summed E-state index contributed by atoms with van der Waals surface area (Å²) in [4.78, 5) is 0. The van der Waals surface area contributed by atoms with Gasteiger partial charge in [-0.3, -0.25) is 0 Å². The fourth-order valence-electron chi connectivity index (χ4n) is 12.0. The number of hydrogen-bond donors (Lipinski definition) is 11. The first-order valence-corrected chi connectivity index (χ1v) is 32.9. The molecule has 4 aliphatic rings. The quantitative estimate of drug-likeness (QED) is 0.0355. The first-order valence-electron chi connectivity index (χ1n) is 32.9. The number of rotatable bonds is 48. The largest absolute Gasteiger partial charge is 0.394 e. The van der Waals surface area contributed by atoms with Gasteiger partial charge in [0.05, 0.1) is 46.2 Å². The van der Waals surface area contributed by atoms with Gasteiger partial charge in [-0.1, -0.05) is 157 Å². The Morgan fingerprint density at radius 3 is 1.37 bits per heavy atom. The van der Waals surface area contributed by atoms with Crippen molar-refractivity contribution in [3.63, 3.8) is 0 Å². The number of aliphatic hydroxyl groups excluding tert-OH is 11. The zero-order valence-electron chi connectivity index (χ0n) is 52.3. The average molecular weight is 1210 g/mol. The van der Waals surface area contributed by atoms with E-state index in [1.807, 2.05) is 0 Å². The van der Waals surface area contributed by atoms with Gasteiger partial charge in [0.15, 0.2) is 18.9 Å². The maximum absolute atomic E-state index is 11.1. The van der Waals surface area contributed by atoms with Crippen LogP contribution in [0.5, 0.6) is 0 Å². The SMILES string of the molecule is CC(C)CCC[C@@H](C)CCO[C@@H](COCCCCCCC[C@H]1CC[C@@H](CCCCCCCOC[C@@H](CO[C@@H]2O[C@H](CO)[C@@H](O[C@@H]3O[C@H](CO)[C@H](O)[C@H](O)[C@H]3O)[C@H](O)[C@H]2O)OCC[C@H](C)CCCC(C)C)C1)CO[C@@H]1O[C@@H]([C@@H](O)CO)[C@H](O)[C@H]1O. The van der Waals surface area contributed by atoms with Crippen molar-refractivity contribution in [1.29, 1.82) is 0 Å². The van der Waals surface area contributed by atoms with Gasteiger partial charge in [-0.25, -0.2) is 0 Å². The van der Waals surface area contributed by atoms with Crippen molar-refractivity contribution in [3.8, 4) is 0 Å². The van der Waals surface area contributed by atoms with E-state index in [9.17, 15) is 56.2 Å². The molecule has 3 aliphatic heterocycles. The summed E-state index contributed by atoms with van der Waals surface area (Å²) in [7, 11) is 0. The average Bonchev–Trinajstić information content (AvgIpc) is 4.20. The summed E-state index contributed by atoms with van der Waals surface area (Å²) in [6.45, 7) is 14.4. The van der Waals surface area contributed by atoms with Crippen molar-refractivity contribution in [2.24, 2.45) is 35.5 Å². The molecule has 4 fully saturated rings. The second-order valence-electron chi connectivity index (χ2n) is 26.1. The molecule has 21 atom stereocenters. The van der Waals surface area contributed by atoms with Gasteiger partial charge in [0.25, 0.3) is 0 Å². The van der Waals surface area contributed by atoms with Gasteiger partial charge in [0.2, 0.25) is 0 Å². The van der Waals surface area contributed by atoms with Crippen LogP contribution in [-0.4, -0.2) is 233 Å². The second kappa shape index (κ2) is 43.0. The topological polar surface area (TPSA) is 315 Å². The molecule has 498 valence electrons. The van der Waals surface area contributed by atoms with Gasteiger partial charge in [0, 0.05) is 26.4 Å². The lowest BCUT2D eigenvalue weighted by atomic mass is 9.95. The molecule has 0 bridgehead atoms. The molecule has 21 nitrogen and oxygen atoms in total. The Morgan fingerprint density at radius 1 is 0.429 bits per heavy atom. The highest BCUT2D eigenvalue weighted by Gasteiger charge is 2.51. The van der Waals surface area contributed by atoms with Crippen LogP contribution in [-0.2, 0) is 47.4 Å². The zero-order chi connectivity index (χ0) is 61.4. The predicted molar refractivity (Wildman–Crippen MR) is 314 cm³/mol. The molecule has 3 heterocycles. The van der Waals surface area contributed by atoms with Crippen molar-refractivity contribution >= 4 is 0 Å². The van der Waals surface area contributed by atoms with Gasteiger partial charge in [-0.15, -0.1) is 0 Å². The zero-order valence-corrected chi connectivity index (χ0v) is 52.3. The maximum atomic E-state index is 11.1. The van der Waals surface area contributed by atoms with Crippen molar-refractivity contribution in [3.05, 3.63) is 0 Å². The van der Waals surface area contributed by atoms with Gasteiger partial charge < -0.3 is 104 Å². The first kappa shape index (κ1) is 75.6. The number of aliphatic hydroxyl groups is 11. The summed E-state index contributed by atoms with van der Waals surface area (Å²) in [6.07, 6.45) is 4.25. The lowest BCUT2D eigenvalue weighted by Gasteiger charge is -2.46. The third kappa shape index (κ3) is 28.1. The van der Waals surface area contributed by atoms with Crippen LogP contribution in [0.3, 0.4) is 0 Å². The summed E-state index contributed by atoms with van der Waals surface area (Å²) in [6, 6.07) is 0. The van der Waals surface area contributed by atoms with E-state index in [0.29, 0.717) is 56.7 Å². The summed E-state index contributed by atoms with van der Waals surface area (Å²) >= 11 is 0. The molecule has 4 rings (SSSR count). The highest BCUT2D eigenvalue weighted by molar-refractivity contribution is 4.95. The normalized spacial score (nSPS) is 32.2. The van der Waals surface area contributed by atoms with Crippen LogP contribution < -0.4 is 0 Å². The highest BCUT2D eigenvalue weighted by Crippen LogP contribution is 2.37. The molecule has 3 saturated heterocycles. The van der Waals surface area contributed by atoms with Crippen LogP contribution in [0.25, 0.3) is 0 Å². The standard InChI is InChI=1S/C63H120O21/c1-41(2)19-17-21-43(5)27-31-77-47(39-79-61-58(74)55(71)60(51(36-66)82-61)84-63-56(72)53(69)52(68)50(35-65)81-63)37-75-29-15-11-7-9-13-23-45-25-26-46(33-45)24-14-10-8-12-16-30-76-38-48(78-32-28-44(6)22-18-20-42(3)4)40-80-62-57(73)54(70)59(83-62)49(67)34-64/h41-74H,7-40H2,1-6H3/t43-,44-,45-,46+,47+,48+,49+,50-,51-,52+,53+,54-,55-,56-,57-,58-,59+,60-,61-,62-,63+/m1/s1. The van der Waals surface area contributed by atoms with E-state index in [0.717, 1.165) is 76.0 Å². The predicted octanol–water partition coefficient (Wildman–Crippen LogP) is 5.05. The maximum Gasteiger partial charge on any atom is 0.187 e. The third-order valence-corrected chi connectivity index (χ3v) is 17.6. The molecule has 0 radical (unpaired) electrons. The lowest BCUT2D eigenvalue weighted by molar-refractivity contribution is -0.360. The van der Waals surface area contributed by atoms with Crippen LogP contribution in [0.1, 0.15) is 189 Å². The molecule has 1 saturated carbocycles. The fourth-order valence-corrected chi connectivity index (χ4v) is 12.0. The van der Waals surface area contributed by atoms with Crippen LogP contribution in [0.4, 0.5) is 0 Å². The highest BCUT2D eigenvalue weighted by atomic mass is 16.7. The Kier molecular flexibility index (Phi) is 38.7. The number of ether oxygens (including phenoxy) is 10. The minimum Gasteiger partial charge on any atom is -0.394 e. The second-order valence-corrected chi connectivity index (χ2v) is 26.1. The van der Waals surface area contributed by atoms with E-state index in [-0.39, 0.29) is 25.9 Å². The minimum absolute atomic E-state index is 0.0236. The van der Waals surface area contributed by atoms with E-state index in [1.165, 1.54) is 83.5 Å². The molecule has 1 aliphatic carbocycles. The number of hydrogen-bond acceptors (Lipinski definition) is 21. The Balaban J connectivity index is 1.06. The fraction of sp³-hybridized carbons (Fsp3) is 1.00. The first-order chi connectivity index (χ1) is 40.4. The molecule has 11 N–H and O–H groups in total. The van der Waals surface area contributed by atoms with Crippen LogP contribution >= 0.6 is 0 Å². The van der Waals surface area contributed by atoms with Gasteiger partial charge in [-0.2, -0.15) is 0 Å². The lowest BCUT2D eigenvalue weighted by Crippen LogP contribution is -2.64. The third-order valence-electron chi connectivity index (χ3n) is 17.6. The molecule has 0 aromatic carbocycles. The molecule has 21 heteroatoms. The van der Waals surface area contributed by atoms with Crippen molar-refractivity contribution in [1.82, 2.24) is 0 Å². The molecule has 0 spiro atoms. The minimum atomic E-state index is -1.76. The smallest absolute Gasteiger partial charge is 0.187 e. The van der Waals surface area contributed by atoms with Crippen LogP contribution in [0.15, 0.2) is 0 Å².